The number of nitrogens with one attached hydrogen (secondary N) is 1. The second-order valence-corrected chi connectivity index (χ2v) is 5.53. The Morgan fingerprint density at radius 2 is 2.28 bits per heavy atom. The predicted octanol–water partition coefficient (Wildman–Crippen LogP) is 1.01. The number of fused-ring (bicyclic) bond motifs is 1. The zero-order valence-electron chi connectivity index (χ0n) is 10.8. The molecule has 3 unspecified atom stereocenters. The van der Waals surface area contributed by atoms with Crippen LogP contribution in [0.25, 0.3) is 0 Å². The van der Waals surface area contributed by atoms with Gasteiger partial charge >= 0.3 is 0 Å². The third-order valence-electron chi connectivity index (χ3n) is 4.33. The summed E-state index contributed by atoms with van der Waals surface area (Å²) in [6.07, 6.45) is 4.00. The van der Waals surface area contributed by atoms with Crippen LogP contribution in [0.5, 0.6) is 0 Å². The summed E-state index contributed by atoms with van der Waals surface area (Å²) in [4.78, 5) is 6.86. The maximum absolute atomic E-state index is 9.92. The van der Waals surface area contributed by atoms with Gasteiger partial charge in [0.05, 0.1) is 6.10 Å². The van der Waals surface area contributed by atoms with E-state index in [-0.39, 0.29) is 6.10 Å². The molecule has 2 N–H and O–H groups in total. The fourth-order valence-electron chi connectivity index (χ4n) is 3.34. The normalized spacial score (nSPS) is 30.8. The lowest BCUT2D eigenvalue weighted by Crippen LogP contribution is -2.25. The second-order valence-electron chi connectivity index (χ2n) is 5.53. The fraction of sp³-hybridized carbons (Fsp3) is 0.643. The SMILES string of the molecule is CNCc1ccc(N2CC3CCC(O)C3C2)nc1. The number of hydrogen-bond donors (Lipinski definition) is 2. The Balaban J connectivity index is 1.69. The number of hydrogen-bond acceptors (Lipinski definition) is 4. The Kier molecular flexibility index (Phi) is 3.22. The zero-order chi connectivity index (χ0) is 12.5. The van der Waals surface area contributed by atoms with Crippen LogP contribution in [0.15, 0.2) is 18.3 Å². The number of nitrogens with zero attached hydrogens (tertiary/aromatic N) is 2. The number of aliphatic hydroxyl groups excluding tert-OH is 1. The lowest BCUT2D eigenvalue weighted by atomic mass is 10.00. The molecule has 0 radical (unpaired) electrons. The van der Waals surface area contributed by atoms with E-state index in [0.29, 0.717) is 11.8 Å². The molecule has 18 heavy (non-hydrogen) atoms. The number of aromatic nitrogens is 1. The maximum atomic E-state index is 9.92. The standard InChI is InChI=1S/C14H21N3O/c1-15-6-10-2-5-14(16-7-10)17-8-11-3-4-13(18)12(11)9-17/h2,5,7,11-13,15,18H,3-4,6,8-9H2,1H3. The Morgan fingerprint density at radius 3 is 2.94 bits per heavy atom. The third-order valence-corrected chi connectivity index (χ3v) is 4.33. The van der Waals surface area contributed by atoms with Crippen molar-refractivity contribution >= 4 is 5.82 Å². The lowest BCUT2D eigenvalue weighted by Gasteiger charge is -2.19. The van der Waals surface area contributed by atoms with Crippen LogP contribution in [-0.2, 0) is 6.54 Å². The number of anilines is 1. The molecule has 0 aromatic carbocycles. The Hall–Kier alpha value is -1.13. The van der Waals surface area contributed by atoms with Crippen molar-refractivity contribution in [1.29, 1.82) is 0 Å². The van der Waals surface area contributed by atoms with Crippen LogP contribution in [-0.4, -0.2) is 36.3 Å². The summed E-state index contributed by atoms with van der Waals surface area (Å²) in [5, 5.41) is 13.0. The minimum Gasteiger partial charge on any atom is -0.393 e. The van der Waals surface area contributed by atoms with Gasteiger partial charge in [-0.15, -0.1) is 0 Å². The highest BCUT2D eigenvalue weighted by molar-refractivity contribution is 5.41. The molecule has 1 aliphatic carbocycles. The van der Waals surface area contributed by atoms with Crippen molar-refractivity contribution in [2.24, 2.45) is 11.8 Å². The van der Waals surface area contributed by atoms with E-state index in [0.717, 1.165) is 31.9 Å². The first-order valence-corrected chi connectivity index (χ1v) is 6.80. The molecule has 2 aliphatic rings. The van der Waals surface area contributed by atoms with E-state index in [4.69, 9.17) is 0 Å². The number of rotatable bonds is 3. The van der Waals surface area contributed by atoms with E-state index in [1.165, 1.54) is 12.0 Å². The quantitative estimate of drug-likeness (QED) is 0.837. The van der Waals surface area contributed by atoms with Crippen molar-refractivity contribution in [2.45, 2.75) is 25.5 Å². The van der Waals surface area contributed by atoms with Crippen LogP contribution in [0.4, 0.5) is 5.82 Å². The second kappa shape index (κ2) is 4.86. The molecule has 98 valence electrons. The summed E-state index contributed by atoms with van der Waals surface area (Å²) < 4.78 is 0. The minimum atomic E-state index is -0.0939. The highest BCUT2D eigenvalue weighted by atomic mass is 16.3. The molecule has 1 saturated heterocycles. The topological polar surface area (TPSA) is 48.4 Å². The van der Waals surface area contributed by atoms with Crippen LogP contribution in [0.1, 0.15) is 18.4 Å². The van der Waals surface area contributed by atoms with Crippen LogP contribution in [0.3, 0.4) is 0 Å². The van der Waals surface area contributed by atoms with Gasteiger partial charge in [-0.1, -0.05) is 6.07 Å². The van der Waals surface area contributed by atoms with Crippen LogP contribution in [0, 0.1) is 11.8 Å². The van der Waals surface area contributed by atoms with Gasteiger partial charge in [0.2, 0.25) is 0 Å². The average Bonchev–Trinajstić information content (AvgIpc) is 2.94. The van der Waals surface area contributed by atoms with Gasteiger partial charge in [0.15, 0.2) is 0 Å². The molecule has 4 nitrogen and oxygen atoms in total. The summed E-state index contributed by atoms with van der Waals surface area (Å²) in [5.74, 6) is 2.18. The maximum Gasteiger partial charge on any atom is 0.128 e. The number of pyridine rings is 1. The van der Waals surface area contributed by atoms with Gasteiger partial charge in [-0.3, -0.25) is 0 Å². The molecule has 1 saturated carbocycles. The van der Waals surface area contributed by atoms with E-state index in [9.17, 15) is 5.11 Å². The van der Waals surface area contributed by atoms with Crippen molar-refractivity contribution < 1.29 is 5.11 Å². The largest absolute Gasteiger partial charge is 0.393 e. The summed E-state index contributed by atoms with van der Waals surface area (Å²) >= 11 is 0. The molecular formula is C14H21N3O. The van der Waals surface area contributed by atoms with Crippen LogP contribution in [0.2, 0.25) is 0 Å². The van der Waals surface area contributed by atoms with Crippen LogP contribution >= 0.6 is 0 Å². The summed E-state index contributed by atoms with van der Waals surface area (Å²) in [6, 6.07) is 4.23. The first-order chi connectivity index (χ1) is 8.78. The van der Waals surface area contributed by atoms with E-state index in [1.54, 1.807) is 0 Å². The highest BCUT2D eigenvalue weighted by Gasteiger charge is 2.42. The van der Waals surface area contributed by atoms with Gasteiger partial charge in [-0.2, -0.15) is 0 Å². The molecule has 4 heteroatoms. The van der Waals surface area contributed by atoms with Gasteiger partial charge in [-0.05, 0) is 37.4 Å². The first-order valence-electron chi connectivity index (χ1n) is 6.80. The Bertz CT molecular complexity index is 406. The lowest BCUT2D eigenvalue weighted by molar-refractivity contribution is 0.133. The van der Waals surface area contributed by atoms with Crippen LogP contribution < -0.4 is 10.2 Å². The third kappa shape index (κ3) is 2.10. The van der Waals surface area contributed by atoms with E-state index >= 15 is 0 Å². The molecule has 0 amide bonds. The number of aliphatic hydroxyl groups is 1. The van der Waals surface area contributed by atoms with Crippen molar-refractivity contribution in [1.82, 2.24) is 10.3 Å². The molecule has 1 aromatic rings. The molecule has 2 fully saturated rings. The molecule has 1 aromatic heterocycles. The smallest absolute Gasteiger partial charge is 0.128 e. The Morgan fingerprint density at radius 1 is 1.39 bits per heavy atom. The van der Waals surface area contributed by atoms with Gasteiger partial charge < -0.3 is 15.3 Å². The first kappa shape index (κ1) is 11.9. The predicted molar refractivity (Wildman–Crippen MR) is 71.4 cm³/mol. The molecular weight excluding hydrogens is 226 g/mol. The van der Waals surface area contributed by atoms with Gasteiger partial charge in [0, 0.05) is 31.7 Å². The highest BCUT2D eigenvalue weighted by Crippen LogP contribution is 2.39. The van der Waals surface area contributed by atoms with Crippen molar-refractivity contribution in [3.8, 4) is 0 Å². The molecule has 0 bridgehead atoms. The van der Waals surface area contributed by atoms with Gasteiger partial charge in [-0.25, -0.2) is 4.98 Å². The molecule has 3 atom stereocenters. The summed E-state index contributed by atoms with van der Waals surface area (Å²) in [6.45, 7) is 2.88. The molecule has 3 rings (SSSR count). The fourth-order valence-corrected chi connectivity index (χ4v) is 3.34. The van der Waals surface area contributed by atoms with E-state index in [1.807, 2.05) is 13.2 Å². The van der Waals surface area contributed by atoms with Crippen molar-refractivity contribution in [2.75, 3.05) is 25.0 Å². The molecule has 2 heterocycles. The summed E-state index contributed by atoms with van der Waals surface area (Å²) in [5.41, 5.74) is 1.21. The zero-order valence-corrected chi connectivity index (χ0v) is 10.8. The Labute approximate surface area is 108 Å². The van der Waals surface area contributed by atoms with Crippen molar-refractivity contribution in [3.63, 3.8) is 0 Å². The van der Waals surface area contributed by atoms with E-state index < -0.39 is 0 Å². The van der Waals surface area contributed by atoms with Gasteiger partial charge in [0.25, 0.3) is 0 Å². The molecule has 1 aliphatic heterocycles. The molecule has 0 spiro atoms. The van der Waals surface area contributed by atoms with Crippen molar-refractivity contribution in [3.05, 3.63) is 23.9 Å². The van der Waals surface area contributed by atoms with E-state index in [2.05, 4.69) is 27.3 Å². The monoisotopic (exact) mass is 247 g/mol. The average molecular weight is 247 g/mol. The van der Waals surface area contributed by atoms with Gasteiger partial charge in [0.1, 0.15) is 5.82 Å². The minimum absolute atomic E-state index is 0.0939. The summed E-state index contributed by atoms with van der Waals surface area (Å²) in [7, 11) is 1.94.